The molecule has 0 fully saturated rings. The number of halogens is 1. The molecule has 0 aliphatic carbocycles. The summed E-state index contributed by atoms with van der Waals surface area (Å²) in [5, 5.41) is 3.00. The lowest BCUT2D eigenvalue weighted by atomic mass is 10.2. The van der Waals surface area contributed by atoms with Crippen LogP contribution in [-0.2, 0) is 6.54 Å². The second kappa shape index (κ2) is 6.15. The lowest BCUT2D eigenvalue weighted by Gasteiger charge is -2.09. The zero-order chi connectivity index (χ0) is 13.7. The third kappa shape index (κ3) is 3.42. The van der Waals surface area contributed by atoms with Crippen LogP contribution in [-0.4, -0.2) is 23.0 Å². The van der Waals surface area contributed by atoms with E-state index in [1.165, 1.54) is 12.4 Å². The fourth-order valence-electron chi connectivity index (χ4n) is 1.54. The van der Waals surface area contributed by atoms with Crippen LogP contribution in [0.15, 0.2) is 36.7 Å². The molecule has 1 aromatic carbocycles. The van der Waals surface area contributed by atoms with Crippen molar-refractivity contribution in [1.82, 2.24) is 15.3 Å². The van der Waals surface area contributed by atoms with Crippen molar-refractivity contribution in [3.63, 3.8) is 0 Å². The lowest BCUT2D eigenvalue weighted by molar-refractivity contribution is 0.0945. The smallest absolute Gasteiger partial charge is 0.271 e. The first-order valence-corrected chi connectivity index (χ1v) is 5.96. The standard InChI is InChI=1S/C13H12ClN3O2/c1-19-11-5-3-2-4-9(11)6-17-13(18)10-7-16-12(14)8-15-10/h2-5,7-8H,6H2,1H3,(H,17,18). The molecular formula is C13H12ClN3O2. The van der Waals surface area contributed by atoms with Crippen molar-refractivity contribution in [2.45, 2.75) is 6.54 Å². The quantitative estimate of drug-likeness (QED) is 0.929. The summed E-state index contributed by atoms with van der Waals surface area (Å²) in [4.78, 5) is 19.5. The number of hydrogen-bond acceptors (Lipinski definition) is 4. The lowest BCUT2D eigenvalue weighted by Crippen LogP contribution is -2.24. The second-order valence-electron chi connectivity index (χ2n) is 3.72. The Kier molecular flexibility index (Phi) is 4.30. The number of benzene rings is 1. The second-order valence-corrected chi connectivity index (χ2v) is 4.11. The maximum absolute atomic E-state index is 11.8. The van der Waals surface area contributed by atoms with Gasteiger partial charge in [0.2, 0.25) is 0 Å². The van der Waals surface area contributed by atoms with Crippen LogP contribution in [0.3, 0.4) is 0 Å². The summed E-state index contributed by atoms with van der Waals surface area (Å²) >= 11 is 5.61. The first-order chi connectivity index (χ1) is 9.20. The highest BCUT2D eigenvalue weighted by molar-refractivity contribution is 6.29. The highest BCUT2D eigenvalue weighted by Crippen LogP contribution is 2.16. The largest absolute Gasteiger partial charge is 0.496 e. The molecular weight excluding hydrogens is 266 g/mol. The van der Waals surface area contributed by atoms with E-state index in [-0.39, 0.29) is 16.8 Å². The molecule has 2 aromatic rings. The van der Waals surface area contributed by atoms with Crippen molar-refractivity contribution in [2.24, 2.45) is 0 Å². The number of aromatic nitrogens is 2. The fourth-order valence-corrected chi connectivity index (χ4v) is 1.64. The minimum absolute atomic E-state index is 0.222. The van der Waals surface area contributed by atoms with Crippen LogP contribution >= 0.6 is 11.6 Å². The van der Waals surface area contributed by atoms with Gasteiger partial charge in [-0.25, -0.2) is 9.97 Å². The van der Waals surface area contributed by atoms with Crippen LogP contribution in [0.2, 0.25) is 5.15 Å². The molecule has 0 radical (unpaired) electrons. The normalized spacial score (nSPS) is 10.0. The van der Waals surface area contributed by atoms with Gasteiger partial charge in [0.05, 0.1) is 19.5 Å². The van der Waals surface area contributed by atoms with Crippen LogP contribution in [0, 0.1) is 0 Å². The molecule has 0 saturated heterocycles. The molecule has 0 aliphatic heterocycles. The molecule has 2 rings (SSSR count). The Balaban J connectivity index is 2.02. The van der Waals surface area contributed by atoms with E-state index in [1.807, 2.05) is 24.3 Å². The van der Waals surface area contributed by atoms with Gasteiger partial charge in [-0.2, -0.15) is 0 Å². The summed E-state index contributed by atoms with van der Waals surface area (Å²) < 4.78 is 5.20. The number of para-hydroxylation sites is 1. The minimum atomic E-state index is -0.310. The Bertz CT molecular complexity index is 572. The fraction of sp³-hybridized carbons (Fsp3) is 0.154. The van der Waals surface area contributed by atoms with Crippen molar-refractivity contribution >= 4 is 17.5 Å². The Hall–Kier alpha value is -2.14. The molecule has 0 atom stereocenters. The van der Waals surface area contributed by atoms with Crippen molar-refractivity contribution in [2.75, 3.05) is 7.11 Å². The first-order valence-electron chi connectivity index (χ1n) is 5.58. The van der Waals surface area contributed by atoms with Crippen molar-refractivity contribution in [1.29, 1.82) is 0 Å². The third-order valence-corrected chi connectivity index (χ3v) is 2.68. The summed E-state index contributed by atoms with van der Waals surface area (Å²) in [6.45, 7) is 0.354. The first kappa shape index (κ1) is 13.3. The topological polar surface area (TPSA) is 64.1 Å². The van der Waals surface area contributed by atoms with Crippen LogP contribution in [0.4, 0.5) is 0 Å². The molecule has 1 N–H and O–H groups in total. The van der Waals surface area contributed by atoms with Crippen LogP contribution < -0.4 is 10.1 Å². The molecule has 0 unspecified atom stereocenters. The number of carbonyl (C=O) groups excluding carboxylic acids is 1. The number of nitrogens with zero attached hydrogens (tertiary/aromatic N) is 2. The molecule has 5 nitrogen and oxygen atoms in total. The van der Waals surface area contributed by atoms with E-state index in [0.29, 0.717) is 6.54 Å². The van der Waals surface area contributed by atoms with Gasteiger partial charge >= 0.3 is 0 Å². The number of ether oxygens (including phenoxy) is 1. The summed E-state index contributed by atoms with van der Waals surface area (Å²) in [7, 11) is 1.59. The van der Waals surface area contributed by atoms with Gasteiger partial charge < -0.3 is 10.1 Å². The molecule has 1 amide bonds. The van der Waals surface area contributed by atoms with E-state index in [9.17, 15) is 4.79 Å². The third-order valence-electron chi connectivity index (χ3n) is 2.48. The van der Waals surface area contributed by atoms with Crippen LogP contribution in [0.5, 0.6) is 5.75 Å². The summed E-state index contributed by atoms with van der Waals surface area (Å²) in [6, 6.07) is 7.47. The van der Waals surface area contributed by atoms with E-state index in [0.717, 1.165) is 11.3 Å². The Labute approximate surface area is 115 Å². The summed E-state index contributed by atoms with van der Waals surface area (Å²) in [6.07, 6.45) is 2.67. The van der Waals surface area contributed by atoms with Gasteiger partial charge in [-0.05, 0) is 6.07 Å². The summed E-state index contributed by atoms with van der Waals surface area (Å²) in [5.41, 5.74) is 1.11. The van der Waals surface area contributed by atoms with Gasteiger partial charge in [-0.15, -0.1) is 0 Å². The van der Waals surface area contributed by atoms with Gasteiger partial charge in [0, 0.05) is 12.1 Å². The number of carbonyl (C=O) groups is 1. The Morgan fingerprint density at radius 1 is 1.32 bits per heavy atom. The van der Waals surface area contributed by atoms with Crippen LogP contribution in [0.1, 0.15) is 16.1 Å². The van der Waals surface area contributed by atoms with Gasteiger partial charge in [-0.1, -0.05) is 29.8 Å². The predicted molar refractivity (Wildman–Crippen MR) is 71.2 cm³/mol. The number of methoxy groups -OCH3 is 1. The molecule has 0 aliphatic rings. The van der Waals surface area contributed by atoms with Gasteiger partial charge in [-0.3, -0.25) is 4.79 Å². The summed E-state index contributed by atoms with van der Waals surface area (Å²) in [5.74, 6) is 0.417. The average molecular weight is 278 g/mol. The minimum Gasteiger partial charge on any atom is -0.496 e. The maximum atomic E-state index is 11.8. The average Bonchev–Trinajstić information content (AvgIpc) is 2.45. The molecule has 19 heavy (non-hydrogen) atoms. The Morgan fingerprint density at radius 2 is 2.11 bits per heavy atom. The maximum Gasteiger partial charge on any atom is 0.271 e. The van der Waals surface area contributed by atoms with E-state index < -0.39 is 0 Å². The number of amides is 1. The van der Waals surface area contributed by atoms with Gasteiger partial charge in [0.25, 0.3) is 5.91 Å². The van der Waals surface area contributed by atoms with Crippen molar-refractivity contribution in [3.8, 4) is 5.75 Å². The Morgan fingerprint density at radius 3 is 2.79 bits per heavy atom. The number of rotatable bonds is 4. The van der Waals surface area contributed by atoms with Gasteiger partial charge in [0.15, 0.2) is 0 Å². The van der Waals surface area contributed by atoms with Gasteiger partial charge in [0.1, 0.15) is 16.6 Å². The molecule has 0 bridgehead atoms. The SMILES string of the molecule is COc1ccccc1CNC(=O)c1cnc(Cl)cn1. The van der Waals surface area contributed by atoms with E-state index in [1.54, 1.807) is 7.11 Å². The van der Waals surface area contributed by atoms with Crippen molar-refractivity contribution < 1.29 is 9.53 Å². The zero-order valence-corrected chi connectivity index (χ0v) is 11.0. The zero-order valence-electron chi connectivity index (χ0n) is 10.3. The van der Waals surface area contributed by atoms with Crippen LogP contribution in [0.25, 0.3) is 0 Å². The molecule has 0 spiro atoms. The molecule has 0 saturated carbocycles. The molecule has 1 heterocycles. The molecule has 1 aromatic heterocycles. The number of nitrogens with one attached hydrogen (secondary N) is 1. The number of hydrogen-bond donors (Lipinski definition) is 1. The van der Waals surface area contributed by atoms with E-state index in [2.05, 4.69) is 15.3 Å². The van der Waals surface area contributed by atoms with Crippen molar-refractivity contribution in [3.05, 3.63) is 53.1 Å². The molecule has 6 heteroatoms. The van der Waals surface area contributed by atoms with E-state index >= 15 is 0 Å². The van der Waals surface area contributed by atoms with E-state index in [4.69, 9.17) is 16.3 Å². The monoisotopic (exact) mass is 277 g/mol. The predicted octanol–water partition coefficient (Wildman–Crippen LogP) is 2.07. The molecule has 98 valence electrons. The highest BCUT2D eigenvalue weighted by atomic mass is 35.5. The highest BCUT2D eigenvalue weighted by Gasteiger charge is 2.09.